The molecule has 4 nitrogen and oxygen atoms in total. The Labute approximate surface area is 110 Å². The van der Waals surface area contributed by atoms with Gasteiger partial charge < -0.3 is 15.4 Å². The molecule has 0 aliphatic carbocycles. The molecule has 2 rings (SSSR count). The van der Waals surface area contributed by atoms with E-state index in [1.54, 1.807) is 19.2 Å². The summed E-state index contributed by atoms with van der Waals surface area (Å²) in [6, 6.07) is 4.73. The summed E-state index contributed by atoms with van der Waals surface area (Å²) < 4.78 is 18.5. The van der Waals surface area contributed by atoms with E-state index in [-0.39, 0.29) is 11.1 Å². The maximum Gasteiger partial charge on any atom is 0.192 e. The monoisotopic (exact) mass is 271 g/mol. The molecular weight excluding hydrogens is 257 g/mol. The van der Waals surface area contributed by atoms with Crippen molar-refractivity contribution in [2.75, 3.05) is 26.8 Å². The molecule has 98 valence electrons. The van der Waals surface area contributed by atoms with Crippen LogP contribution in [0.4, 0.5) is 4.39 Å². The zero-order valence-electron chi connectivity index (χ0n) is 10.1. The van der Waals surface area contributed by atoms with Gasteiger partial charge in [0.1, 0.15) is 5.82 Å². The van der Waals surface area contributed by atoms with E-state index in [4.69, 9.17) is 22.1 Å². The number of nitrogens with two attached hydrogens (primary N) is 1. The molecule has 0 aromatic heterocycles. The van der Waals surface area contributed by atoms with Crippen LogP contribution >= 0.6 is 11.6 Å². The van der Waals surface area contributed by atoms with Gasteiger partial charge in [0.25, 0.3) is 0 Å². The highest BCUT2D eigenvalue weighted by molar-refractivity contribution is 6.30. The van der Waals surface area contributed by atoms with E-state index in [2.05, 4.69) is 4.99 Å². The predicted molar refractivity (Wildman–Crippen MR) is 69.2 cm³/mol. The highest BCUT2D eigenvalue weighted by Gasteiger charge is 2.27. The first-order valence-corrected chi connectivity index (χ1v) is 6.01. The van der Waals surface area contributed by atoms with Crippen LogP contribution in [0.3, 0.4) is 0 Å². The Morgan fingerprint density at radius 2 is 2.39 bits per heavy atom. The van der Waals surface area contributed by atoms with Gasteiger partial charge in [0.2, 0.25) is 0 Å². The summed E-state index contributed by atoms with van der Waals surface area (Å²) in [5, 5.41) is 0.120. The van der Waals surface area contributed by atoms with Crippen LogP contribution in [0.2, 0.25) is 5.02 Å². The molecular formula is C12H15ClFN3O. The minimum Gasteiger partial charge on any atom is -0.383 e. The summed E-state index contributed by atoms with van der Waals surface area (Å²) in [6.07, 6.45) is 0. The zero-order chi connectivity index (χ0) is 13.1. The maximum absolute atomic E-state index is 13.5. The van der Waals surface area contributed by atoms with Crippen molar-refractivity contribution in [3.8, 4) is 0 Å². The summed E-state index contributed by atoms with van der Waals surface area (Å²) >= 11 is 5.67. The predicted octanol–water partition coefficient (Wildman–Crippen LogP) is 1.80. The molecule has 0 spiro atoms. The van der Waals surface area contributed by atoms with Crippen LogP contribution < -0.4 is 5.73 Å². The molecule has 1 aromatic carbocycles. The minimum absolute atomic E-state index is 0.0492. The highest BCUT2D eigenvalue weighted by Crippen LogP contribution is 2.27. The minimum atomic E-state index is -0.425. The summed E-state index contributed by atoms with van der Waals surface area (Å²) in [6.45, 7) is 1.69. The van der Waals surface area contributed by atoms with Crippen molar-refractivity contribution in [3.63, 3.8) is 0 Å². The van der Waals surface area contributed by atoms with Crippen LogP contribution in [0, 0.1) is 5.82 Å². The number of hydrogen-bond donors (Lipinski definition) is 1. The standard InChI is InChI=1S/C12H15ClFN3O/c1-18-5-4-17-11(7-16-12(17)15)8-2-3-9(13)10(14)6-8/h2-3,6,11H,4-5,7H2,1H3,(H2,15,16). The average Bonchev–Trinajstić information content (AvgIpc) is 2.72. The SMILES string of the molecule is COCCN1C(N)=NCC1c1ccc(Cl)c(F)c1. The molecule has 1 aliphatic rings. The molecule has 1 atom stereocenters. The number of methoxy groups -OCH3 is 1. The zero-order valence-corrected chi connectivity index (χ0v) is 10.8. The highest BCUT2D eigenvalue weighted by atomic mass is 35.5. The van der Waals surface area contributed by atoms with Gasteiger partial charge in [0.05, 0.1) is 24.2 Å². The molecule has 1 unspecified atom stereocenters. The van der Waals surface area contributed by atoms with Crippen LogP contribution in [-0.4, -0.2) is 37.7 Å². The fourth-order valence-electron chi connectivity index (χ4n) is 1.99. The Balaban J connectivity index is 2.19. The molecule has 18 heavy (non-hydrogen) atoms. The molecule has 1 aliphatic heterocycles. The Hall–Kier alpha value is -1.33. The van der Waals surface area contributed by atoms with E-state index in [1.807, 2.05) is 4.90 Å². The van der Waals surface area contributed by atoms with Crippen LogP contribution in [0.5, 0.6) is 0 Å². The lowest BCUT2D eigenvalue weighted by Crippen LogP contribution is -2.38. The first-order valence-electron chi connectivity index (χ1n) is 5.64. The van der Waals surface area contributed by atoms with Gasteiger partial charge in [0.15, 0.2) is 5.96 Å². The third kappa shape index (κ3) is 2.57. The third-order valence-electron chi connectivity index (χ3n) is 2.96. The fraction of sp³-hybridized carbons (Fsp3) is 0.417. The Kier molecular flexibility index (Phi) is 4.04. The van der Waals surface area contributed by atoms with E-state index in [9.17, 15) is 4.39 Å². The first kappa shape index (κ1) is 13.1. The summed E-state index contributed by atoms with van der Waals surface area (Å²) in [4.78, 5) is 6.10. The quantitative estimate of drug-likeness (QED) is 0.908. The number of rotatable bonds is 4. The van der Waals surface area contributed by atoms with Gasteiger partial charge in [-0.25, -0.2) is 4.39 Å². The molecule has 0 saturated heterocycles. The summed E-state index contributed by atoms with van der Waals surface area (Å²) in [7, 11) is 1.63. The molecule has 1 aromatic rings. The molecule has 0 bridgehead atoms. The van der Waals surface area contributed by atoms with Gasteiger partial charge >= 0.3 is 0 Å². The lowest BCUT2D eigenvalue weighted by atomic mass is 10.1. The molecule has 2 N–H and O–H groups in total. The number of guanidine groups is 1. The second kappa shape index (κ2) is 5.54. The Morgan fingerprint density at radius 3 is 3.06 bits per heavy atom. The number of ether oxygens (including phenoxy) is 1. The number of hydrogen-bond acceptors (Lipinski definition) is 4. The van der Waals surface area contributed by atoms with E-state index in [0.29, 0.717) is 25.7 Å². The number of benzene rings is 1. The summed E-state index contributed by atoms with van der Waals surface area (Å²) in [5.41, 5.74) is 6.63. The third-order valence-corrected chi connectivity index (χ3v) is 3.27. The van der Waals surface area contributed by atoms with E-state index < -0.39 is 5.82 Å². The lowest BCUT2D eigenvalue weighted by molar-refractivity contribution is 0.166. The molecule has 0 saturated carbocycles. The van der Waals surface area contributed by atoms with Crippen molar-refractivity contribution in [3.05, 3.63) is 34.6 Å². The molecule has 0 amide bonds. The first-order chi connectivity index (χ1) is 8.63. The fourth-order valence-corrected chi connectivity index (χ4v) is 2.11. The molecule has 6 heteroatoms. The van der Waals surface area contributed by atoms with Gasteiger partial charge in [0, 0.05) is 13.7 Å². The average molecular weight is 272 g/mol. The number of nitrogens with zero attached hydrogens (tertiary/aromatic N) is 2. The van der Waals surface area contributed by atoms with Crippen LogP contribution in [0.15, 0.2) is 23.2 Å². The normalized spacial score (nSPS) is 19.2. The van der Waals surface area contributed by atoms with Crippen molar-refractivity contribution in [1.29, 1.82) is 0 Å². The lowest BCUT2D eigenvalue weighted by Gasteiger charge is -2.26. The smallest absolute Gasteiger partial charge is 0.192 e. The van der Waals surface area contributed by atoms with Crippen molar-refractivity contribution in [1.82, 2.24) is 4.90 Å². The second-order valence-corrected chi connectivity index (χ2v) is 4.48. The van der Waals surface area contributed by atoms with E-state index in [0.717, 1.165) is 5.56 Å². The number of halogens is 2. The molecule has 1 heterocycles. The maximum atomic E-state index is 13.5. The van der Waals surface area contributed by atoms with Crippen molar-refractivity contribution in [2.45, 2.75) is 6.04 Å². The van der Waals surface area contributed by atoms with E-state index >= 15 is 0 Å². The van der Waals surface area contributed by atoms with E-state index in [1.165, 1.54) is 6.07 Å². The molecule has 0 radical (unpaired) electrons. The second-order valence-electron chi connectivity index (χ2n) is 4.07. The Morgan fingerprint density at radius 1 is 1.61 bits per heavy atom. The van der Waals surface area contributed by atoms with Crippen LogP contribution in [0.1, 0.15) is 11.6 Å². The number of aliphatic imine (C=N–C) groups is 1. The van der Waals surface area contributed by atoms with Gasteiger partial charge in [-0.15, -0.1) is 0 Å². The van der Waals surface area contributed by atoms with Gasteiger partial charge in [-0.1, -0.05) is 17.7 Å². The summed E-state index contributed by atoms with van der Waals surface area (Å²) in [5.74, 6) is 0.0405. The van der Waals surface area contributed by atoms with Crippen molar-refractivity contribution < 1.29 is 9.13 Å². The van der Waals surface area contributed by atoms with Crippen LogP contribution in [-0.2, 0) is 4.74 Å². The van der Waals surface area contributed by atoms with Crippen molar-refractivity contribution >= 4 is 17.6 Å². The van der Waals surface area contributed by atoms with Gasteiger partial charge in [-0.3, -0.25) is 4.99 Å². The topological polar surface area (TPSA) is 50.9 Å². The van der Waals surface area contributed by atoms with Crippen LogP contribution in [0.25, 0.3) is 0 Å². The Bertz CT molecular complexity index is 467. The molecule has 0 fully saturated rings. The van der Waals surface area contributed by atoms with Gasteiger partial charge in [-0.2, -0.15) is 0 Å². The largest absolute Gasteiger partial charge is 0.383 e. The van der Waals surface area contributed by atoms with Crippen molar-refractivity contribution in [2.24, 2.45) is 10.7 Å². The van der Waals surface area contributed by atoms with Gasteiger partial charge in [-0.05, 0) is 17.7 Å².